The van der Waals surface area contributed by atoms with Crippen molar-refractivity contribution >= 4 is 22.3 Å². The maximum Gasteiger partial charge on any atom is 0.429 e. The predicted octanol–water partition coefficient (Wildman–Crippen LogP) is 4.71. The van der Waals surface area contributed by atoms with E-state index < -0.39 is 65.2 Å². The molecule has 1 aliphatic heterocycles. The third-order valence-corrected chi connectivity index (χ3v) is 7.73. The van der Waals surface area contributed by atoms with Gasteiger partial charge in [0.1, 0.15) is 24.0 Å². The number of carbonyl (C=O) groups excluding carboxylic acids is 2. The second kappa shape index (κ2) is 15.7. The third-order valence-electron chi connectivity index (χ3n) is 6.43. The first-order chi connectivity index (χ1) is 21.1. The van der Waals surface area contributed by atoms with E-state index in [0.717, 1.165) is 16.1 Å². The molecule has 14 heteroatoms. The van der Waals surface area contributed by atoms with E-state index in [9.17, 15) is 18.0 Å². The van der Waals surface area contributed by atoms with Crippen molar-refractivity contribution in [2.45, 2.75) is 96.2 Å². The third kappa shape index (κ3) is 10.9. The largest absolute Gasteiger partial charge is 0.497 e. The van der Waals surface area contributed by atoms with Crippen molar-refractivity contribution in [1.29, 1.82) is 0 Å². The number of nitrogens with zero attached hydrogens (tertiary/aromatic N) is 1. The Bertz CT molecular complexity index is 1360. The Morgan fingerprint density at radius 1 is 0.956 bits per heavy atom. The lowest BCUT2D eigenvalue weighted by Crippen LogP contribution is -2.60. The molecule has 45 heavy (non-hydrogen) atoms. The monoisotopic (exact) mass is 652 g/mol. The molecule has 1 fully saturated rings. The molecule has 3 atom stereocenters. The van der Waals surface area contributed by atoms with E-state index in [-0.39, 0.29) is 18.1 Å². The van der Waals surface area contributed by atoms with Crippen LogP contribution in [0.3, 0.4) is 0 Å². The highest BCUT2D eigenvalue weighted by Crippen LogP contribution is 2.33. The van der Waals surface area contributed by atoms with Gasteiger partial charge in [-0.1, -0.05) is 29.8 Å². The van der Waals surface area contributed by atoms with Crippen LogP contribution in [0.5, 0.6) is 5.75 Å². The quantitative estimate of drug-likeness (QED) is 0.237. The van der Waals surface area contributed by atoms with Gasteiger partial charge in [-0.2, -0.15) is 8.42 Å². The summed E-state index contributed by atoms with van der Waals surface area (Å²) in [7, 11) is -2.60. The van der Waals surface area contributed by atoms with Crippen LogP contribution in [0, 0.1) is 6.92 Å². The molecular formula is C31H44N2O11S. The van der Waals surface area contributed by atoms with E-state index in [1.165, 1.54) is 12.1 Å². The molecular weight excluding hydrogens is 608 g/mol. The van der Waals surface area contributed by atoms with Gasteiger partial charge in [-0.3, -0.25) is 4.18 Å². The molecule has 1 aliphatic rings. The predicted molar refractivity (Wildman–Crippen MR) is 163 cm³/mol. The fraction of sp³-hybridized carbons (Fsp3) is 0.548. The molecule has 2 amide bonds. The molecule has 13 nitrogen and oxygen atoms in total. The molecule has 2 aromatic rings. The topological polar surface area (TPSA) is 148 Å². The SMILES string of the molecule is COc1ccc(COC[C@H]([C@H]2OC(C)(C)O[C@@H]2COS(=O)(=O)c2ccc(C)cc2)N(NC(=O)OC(C)C)C(=O)OC(C)C)cc1. The van der Waals surface area contributed by atoms with Gasteiger partial charge in [0.05, 0.1) is 44.0 Å². The molecule has 0 unspecified atom stereocenters. The summed E-state index contributed by atoms with van der Waals surface area (Å²) in [4.78, 5) is 26.2. The summed E-state index contributed by atoms with van der Waals surface area (Å²) in [6, 6.07) is 12.3. The summed E-state index contributed by atoms with van der Waals surface area (Å²) in [5.41, 5.74) is 4.15. The van der Waals surface area contributed by atoms with Crippen LogP contribution in [0.4, 0.5) is 9.59 Å². The Morgan fingerprint density at radius 3 is 2.16 bits per heavy atom. The van der Waals surface area contributed by atoms with Crippen LogP contribution < -0.4 is 10.2 Å². The molecule has 1 saturated heterocycles. The van der Waals surface area contributed by atoms with Crippen molar-refractivity contribution in [1.82, 2.24) is 10.4 Å². The number of rotatable bonds is 13. The van der Waals surface area contributed by atoms with Gasteiger partial charge >= 0.3 is 12.2 Å². The smallest absolute Gasteiger partial charge is 0.429 e. The number of benzene rings is 2. The van der Waals surface area contributed by atoms with Crippen LogP contribution in [0.15, 0.2) is 53.4 Å². The zero-order chi connectivity index (χ0) is 33.4. The summed E-state index contributed by atoms with van der Waals surface area (Å²) in [5.74, 6) is -0.540. The zero-order valence-corrected chi connectivity index (χ0v) is 27.8. The first-order valence-corrected chi connectivity index (χ1v) is 16.0. The Kier molecular flexibility index (Phi) is 12.6. The number of amides is 2. The lowest BCUT2D eigenvalue weighted by molar-refractivity contribution is -0.156. The van der Waals surface area contributed by atoms with Crippen molar-refractivity contribution < 1.29 is 50.6 Å². The van der Waals surface area contributed by atoms with Crippen molar-refractivity contribution in [3.05, 3.63) is 59.7 Å². The van der Waals surface area contributed by atoms with Crippen molar-refractivity contribution in [2.75, 3.05) is 20.3 Å². The van der Waals surface area contributed by atoms with Crippen LogP contribution in [0.25, 0.3) is 0 Å². The highest BCUT2D eigenvalue weighted by molar-refractivity contribution is 7.86. The van der Waals surface area contributed by atoms with E-state index in [0.29, 0.717) is 5.75 Å². The van der Waals surface area contributed by atoms with Crippen molar-refractivity contribution in [3.8, 4) is 5.75 Å². The minimum Gasteiger partial charge on any atom is -0.497 e. The van der Waals surface area contributed by atoms with E-state index in [1.807, 2.05) is 19.1 Å². The van der Waals surface area contributed by atoms with Crippen LogP contribution in [0.1, 0.15) is 52.7 Å². The summed E-state index contributed by atoms with van der Waals surface area (Å²) >= 11 is 0. The van der Waals surface area contributed by atoms with Crippen molar-refractivity contribution in [2.24, 2.45) is 0 Å². The van der Waals surface area contributed by atoms with Gasteiger partial charge in [0, 0.05) is 0 Å². The van der Waals surface area contributed by atoms with Crippen molar-refractivity contribution in [3.63, 3.8) is 0 Å². The van der Waals surface area contributed by atoms with E-state index in [4.69, 9.17) is 32.6 Å². The summed E-state index contributed by atoms with van der Waals surface area (Å²) in [6.07, 6.45) is -4.94. The number of hydrogen-bond donors (Lipinski definition) is 1. The van der Waals surface area contributed by atoms with E-state index >= 15 is 0 Å². The van der Waals surface area contributed by atoms with E-state index in [1.54, 1.807) is 72.9 Å². The molecule has 250 valence electrons. The number of ether oxygens (including phenoxy) is 6. The number of aryl methyl sites for hydroxylation is 1. The number of hydrogen-bond acceptors (Lipinski definition) is 11. The lowest BCUT2D eigenvalue weighted by atomic mass is 10.1. The molecule has 0 aromatic heterocycles. The molecule has 0 saturated carbocycles. The van der Waals surface area contributed by atoms with Crippen LogP contribution in [-0.2, 0) is 44.6 Å². The normalized spacial score (nSPS) is 18.4. The number of methoxy groups -OCH3 is 1. The van der Waals surface area contributed by atoms with Crippen LogP contribution >= 0.6 is 0 Å². The fourth-order valence-corrected chi connectivity index (χ4v) is 5.36. The van der Waals surface area contributed by atoms with Gasteiger partial charge in [-0.25, -0.2) is 20.0 Å². The van der Waals surface area contributed by atoms with Crippen LogP contribution in [0.2, 0.25) is 0 Å². The molecule has 0 aliphatic carbocycles. The number of nitrogens with one attached hydrogen (secondary N) is 1. The molecule has 1 heterocycles. The molecule has 0 bridgehead atoms. The second-order valence-electron chi connectivity index (χ2n) is 11.5. The van der Waals surface area contributed by atoms with E-state index in [2.05, 4.69) is 5.43 Å². The Morgan fingerprint density at radius 2 is 1.58 bits per heavy atom. The maximum absolute atomic E-state index is 13.4. The Labute approximate surface area is 265 Å². The molecule has 0 spiro atoms. The summed E-state index contributed by atoms with van der Waals surface area (Å²) in [5, 5.41) is 0.926. The highest BCUT2D eigenvalue weighted by atomic mass is 32.2. The highest BCUT2D eigenvalue weighted by Gasteiger charge is 2.49. The summed E-state index contributed by atoms with van der Waals surface area (Å²) in [6.45, 7) is 11.2. The zero-order valence-electron chi connectivity index (χ0n) is 27.0. The first kappa shape index (κ1) is 36.0. The standard InChI is InChI=1S/C31H44N2O11S/c1-20(2)41-29(34)32-33(30(35)42-21(3)4)26(18-39-17-23-11-13-24(38-8)14-12-23)28-27(43-31(6,7)44-28)19-40-45(36,37)25-15-9-22(5)10-16-25/h9-16,20-21,26-28H,17-19H2,1-8H3,(H,32,34)/t26-,27-,28-/m1/s1. The lowest BCUT2D eigenvalue weighted by Gasteiger charge is -2.35. The molecule has 1 N–H and O–H groups in total. The van der Waals surface area contributed by atoms with Gasteiger partial charge in [-0.15, -0.1) is 0 Å². The fourth-order valence-electron chi connectivity index (χ4n) is 4.44. The molecule has 0 radical (unpaired) electrons. The van der Waals surface area contributed by atoms with Gasteiger partial charge in [-0.05, 0) is 78.3 Å². The van der Waals surface area contributed by atoms with Gasteiger partial charge in [0.25, 0.3) is 10.1 Å². The number of carbonyl (C=O) groups is 2. The van der Waals surface area contributed by atoms with Gasteiger partial charge in [0.2, 0.25) is 0 Å². The molecule has 2 aromatic carbocycles. The Balaban J connectivity index is 1.93. The minimum atomic E-state index is -4.17. The minimum absolute atomic E-state index is 0.0255. The number of hydrazine groups is 1. The summed E-state index contributed by atoms with van der Waals surface area (Å²) < 4.78 is 65.6. The average Bonchev–Trinajstić information content (AvgIpc) is 3.27. The maximum atomic E-state index is 13.4. The molecule has 3 rings (SSSR count). The average molecular weight is 653 g/mol. The van der Waals surface area contributed by atoms with Gasteiger partial charge < -0.3 is 28.4 Å². The van der Waals surface area contributed by atoms with Gasteiger partial charge in [0.15, 0.2) is 5.79 Å². The Hall–Kier alpha value is -3.43. The second-order valence-corrected chi connectivity index (χ2v) is 13.1. The van der Waals surface area contributed by atoms with Crippen LogP contribution in [-0.4, -0.2) is 82.2 Å². The first-order valence-electron chi connectivity index (χ1n) is 14.6.